The molecule has 1 saturated heterocycles. The lowest BCUT2D eigenvalue weighted by atomic mass is 10.2. The predicted molar refractivity (Wildman–Crippen MR) is 135 cm³/mol. The van der Waals surface area contributed by atoms with Crippen molar-refractivity contribution >= 4 is 54.7 Å². The summed E-state index contributed by atoms with van der Waals surface area (Å²) >= 11 is 2.96. The summed E-state index contributed by atoms with van der Waals surface area (Å²) in [5.41, 5.74) is 1.84. The van der Waals surface area contributed by atoms with Gasteiger partial charge >= 0.3 is 0 Å². The van der Waals surface area contributed by atoms with Gasteiger partial charge in [-0.05, 0) is 30.2 Å². The van der Waals surface area contributed by atoms with Crippen LogP contribution >= 0.6 is 23.1 Å². The van der Waals surface area contributed by atoms with Gasteiger partial charge in [-0.15, -0.1) is 11.3 Å². The minimum absolute atomic E-state index is 0.00101. The smallest absolute Gasteiger partial charge is 0.237 e. The molecule has 1 aliphatic heterocycles. The SMILES string of the molecule is O=C(CSc1ncnc2sc(-c3ccccc3)cc12)N(c1ccccc1)C1CCS(=O)(=O)C1. The number of para-hydroxylation sites is 1. The fraction of sp³-hybridized carbons (Fsp3) is 0.208. The first-order valence-electron chi connectivity index (χ1n) is 10.5. The normalized spacial score (nSPS) is 17.3. The van der Waals surface area contributed by atoms with Crippen LogP contribution in [0.2, 0.25) is 0 Å². The Balaban J connectivity index is 1.39. The second-order valence-corrected chi connectivity index (χ2v) is 12.0. The average molecular weight is 496 g/mol. The number of nitrogens with zero attached hydrogens (tertiary/aromatic N) is 3. The fourth-order valence-electron chi connectivity index (χ4n) is 4.02. The summed E-state index contributed by atoms with van der Waals surface area (Å²) in [6.07, 6.45) is 1.98. The molecule has 33 heavy (non-hydrogen) atoms. The van der Waals surface area contributed by atoms with Gasteiger partial charge in [0.2, 0.25) is 5.91 Å². The van der Waals surface area contributed by atoms with Crippen molar-refractivity contribution in [2.75, 3.05) is 22.2 Å². The van der Waals surface area contributed by atoms with E-state index in [1.54, 1.807) is 16.2 Å². The zero-order valence-corrected chi connectivity index (χ0v) is 20.1. The summed E-state index contributed by atoms with van der Waals surface area (Å²) in [4.78, 5) is 25.8. The van der Waals surface area contributed by atoms with Crippen molar-refractivity contribution in [1.82, 2.24) is 9.97 Å². The van der Waals surface area contributed by atoms with Crippen LogP contribution in [-0.2, 0) is 14.6 Å². The van der Waals surface area contributed by atoms with E-state index in [1.807, 2.05) is 48.5 Å². The summed E-state index contributed by atoms with van der Waals surface area (Å²) in [6.45, 7) is 0. The van der Waals surface area contributed by atoms with Crippen LogP contribution in [0.1, 0.15) is 6.42 Å². The maximum atomic E-state index is 13.3. The largest absolute Gasteiger partial charge is 0.308 e. The number of aromatic nitrogens is 2. The Bertz CT molecular complexity index is 1390. The van der Waals surface area contributed by atoms with Crippen molar-refractivity contribution in [1.29, 1.82) is 0 Å². The highest BCUT2D eigenvalue weighted by Crippen LogP contribution is 2.36. The molecule has 0 N–H and O–H groups in total. The first-order valence-corrected chi connectivity index (χ1v) is 14.1. The van der Waals surface area contributed by atoms with Crippen molar-refractivity contribution in [3.05, 3.63) is 73.1 Å². The molecule has 5 rings (SSSR count). The molecule has 4 aromatic rings. The molecule has 0 saturated carbocycles. The maximum absolute atomic E-state index is 13.3. The van der Waals surface area contributed by atoms with Gasteiger partial charge in [-0.3, -0.25) is 4.79 Å². The van der Waals surface area contributed by atoms with Gasteiger partial charge < -0.3 is 4.90 Å². The van der Waals surface area contributed by atoms with E-state index in [4.69, 9.17) is 0 Å². The highest BCUT2D eigenvalue weighted by atomic mass is 32.2. The van der Waals surface area contributed by atoms with Gasteiger partial charge in [0.05, 0.1) is 23.3 Å². The summed E-state index contributed by atoms with van der Waals surface area (Å²) in [7, 11) is -3.12. The second-order valence-electron chi connectivity index (χ2n) is 7.82. The number of thioether (sulfide) groups is 1. The highest BCUT2D eigenvalue weighted by Gasteiger charge is 2.35. The molecule has 6 nitrogen and oxygen atoms in total. The van der Waals surface area contributed by atoms with Gasteiger partial charge in [-0.2, -0.15) is 0 Å². The minimum atomic E-state index is -3.12. The van der Waals surface area contributed by atoms with E-state index in [0.717, 1.165) is 31.4 Å². The summed E-state index contributed by atoms with van der Waals surface area (Å²) < 4.78 is 24.2. The third-order valence-corrected chi connectivity index (χ3v) is 9.39. The van der Waals surface area contributed by atoms with E-state index < -0.39 is 9.84 Å². The number of sulfone groups is 1. The van der Waals surface area contributed by atoms with Crippen LogP contribution in [0.25, 0.3) is 20.7 Å². The molecule has 0 bridgehead atoms. The Labute approximate surface area is 200 Å². The van der Waals surface area contributed by atoms with E-state index in [1.165, 1.54) is 18.1 Å². The predicted octanol–water partition coefficient (Wildman–Crippen LogP) is 4.67. The molecular weight excluding hydrogens is 474 g/mol. The number of benzene rings is 2. The van der Waals surface area contributed by atoms with Crippen molar-refractivity contribution in [2.45, 2.75) is 17.5 Å². The standard InChI is InChI=1S/C24H21N3O3S3/c28-22(27(18-9-5-2-6-10-18)19-11-12-33(29,30)15-19)14-31-23-20-13-21(17-7-3-1-4-8-17)32-24(20)26-16-25-23/h1-10,13,16,19H,11-12,14-15H2. The lowest BCUT2D eigenvalue weighted by Crippen LogP contribution is -2.42. The second kappa shape index (κ2) is 9.24. The Morgan fingerprint density at radius 2 is 1.79 bits per heavy atom. The Morgan fingerprint density at radius 3 is 2.48 bits per heavy atom. The molecule has 1 fully saturated rings. The number of anilines is 1. The molecule has 0 spiro atoms. The first-order chi connectivity index (χ1) is 16.0. The van der Waals surface area contributed by atoms with E-state index in [9.17, 15) is 13.2 Å². The molecule has 0 aliphatic carbocycles. The number of hydrogen-bond acceptors (Lipinski definition) is 7. The van der Waals surface area contributed by atoms with E-state index in [-0.39, 0.29) is 29.2 Å². The summed E-state index contributed by atoms with van der Waals surface area (Å²) in [6, 6.07) is 21.1. The number of amides is 1. The molecule has 9 heteroatoms. The van der Waals surface area contributed by atoms with E-state index in [0.29, 0.717) is 6.42 Å². The highest BCUT2D eigenvalue weighted by molar-refractivity contribution is 8.00. The zero-order valence-electron chi connectivity index (χ0n) is 17.6. The third-order valence-electron chi connectivity index (χ3n) is 5.56. The van der Waals surface area contributed by atoms with E-state index >= 15 is 0 Å². The number of carbonyl (C=O) groups excluding carboxylic acids is 1. The molecule has 2 aromatic heterocycles. The van der Waals surface area contributed by atoms with Crippen LogP contribution in [0.3, 0.4) is 0 Å². The minimum Gasteiger partial charge on any atom is -0.308 e. The monoisotopic (exact) mass is 495 g/mol. The Hall–Kier alpha value is -2.75. The van der Waals surface area contributed by atoms with Crippen LogP contribution < -0.4 is 4.90 Å². The van der Waals surface area contributed by atoms with Gasteiger partial charge in [0.15, 0.2) is 9.84 Å². The van der Waals surface area contributed by atoms with Crippen molar-refractivity contribution < 1.29 is 13.2 Å². The molecule has 1 amide bonds. The number of rotatable bonds is 6. The Morgan fingerprint density at radius 1 is 1.06 bits per heavy atom. The molecule has 3 heterocycles. The summed E-state index contributed by atoms with van der Waals surface area (Å²) in [5, 5.41) is 1.67. The number of fused-ring (bicyclic) bond motifs is 1. The van der Waals surface area contributed by atoms with Gasteiger partial charge in [-0.25, -0.2) is 18.4 Å². The maximum Gasteiger partial charge on any atom is 0.237 e. The third kappa shape index (κ3) is 4.80. The lowest BCUT2D eigenvalue weighted by Gasteiger charge is -2.28. The molecule has 168 valence electrons. The van der Waals surface area contributed by atoms with Crippen LogP contribution in [-0.4, -0.2) is 47.6 Å². The molecule has 2 aromatic carbocycles. The molecular formula is C24H21N3O3S3. The van der Waals surface area contributed by atoms with Crippen LogP contribution in [0, 0.1) is 0 Å². The van der Waals surface area contributed by atoms with Crippen LogP contribution in [0.15, 0.2) is 78.1 Å². The van der Waals surface area contributed by atoms with Crippen molar-refractivity contribution in [3.8, 4) is 10.4 Å². The molecule has 1 aliphatic rings. The summed E-state index contributed by atoms with van der Waals surface area (Å²) in [5.74, 6) is 0.152. The quantitative estimate of drug-likeness (QED) is 0.286. The first kappa shape index (κ1) is 22.1. The van der Waals surface area contributed by atoms with Crippen LogP contribution in [0.4, 0.5) is 5.69 Å². The topological polar surface area (TPSA) is 80.2 Å². The molecule has 1 unspecified atom stereocenters. The number of thiophene rings is 1. The fourth-order valence-corrected chi connectivity index (χ4v) is 7.62. The van der Waals surface area contributed by atoms with E-state index in [2.05, 4.69) is 28.2 Å². The van der Waals surface area contributed by atoms with Crippen molar-refractivity contribution in [3.63, 3.8) is 0 Å². The van der Waals surface area contributed by atoms with Crippen LogP contribution in [0.5, 0.6) is 0 Å². The number of hydrogen-bond donors (Lipinski definition) is 0. The number of carbonyl (C=O) groups is 1. The molecule has 1 atom stereocenters. The molecule has 0 radical (unpaired) electrons. The Kier molecular flexibility index (Phi) is 6.18. The zero-order chi connectivity index (χ0) is 22.8. The lowest BCUT2D eigenvalue weighted by molar-refractivity contribution is -0.116. The van der Waals surface area contributed by atoms with Crippen molar-refractivity contribution in [2.24, 2.45) is 0 Å². The van der Waals surface area contributed by atoms with Gasteiger partial charge in [0, 0.05) is 16.0 Å². The van der Waals surface area contributed by atoms with Gasteiger partial charge in [-0.1, -0.05) is 60.3 Å². The van der Waals surface area contributed by atoms with Gasteiger partial charge in [0.25, 0.3) is 0 Å². The average Bonchev–Trinajstić information content (AvgIpc) is 3.42. The van der Waals surface area contributed by atoms with Gasteiger partial charge in [0.1, 0.15) is 16.2 Å².